The van der Waals surface area contributed by atoms with E-state index in [0.29, 0.717) is 0 Å². The van der Waals surface area contributed by atoms with E-state index in [1.165, 1.54) is 0 Å². The molecule has 0 amide bonds. The summed E-state index contributed by atoms with van der Waals surface area (Å²) in [5, 5.41) is 21.2. The van der Waals surface area contributed by atoms with Crippen molar-refractivity contribution in [2.75, 3.05) is 12.3 Å². The van der Waals surface area contributed by atoms with Crippen molar-refractivity contribution in [1.29, 1.82) is 0 Å². The smallest absolute Gasteiger partial charge is 0.340 e. The first-order valence-corrected chi connectivity index (χ1v) is 4.33. The molecule has 1 rings (SSSR count). The quantitative estimate of drug-likeness (QED) is 0.472. The third-order valence-corrected chi connectivity index (χ3v) is 1.84. The number of anilines is 1. The lowest BCUT2D eigenvalue weighted by Crippen LogP contribution is -2.04. The molecule has 0 aliphatic carbocycles. The van der Waals surface area contributed by atoms with Crippen molar-refractivity contribution in [3.05, 3.63) is 32.4 Å². The lowest BCUT2D eigenvalue weighted by atomic mass is 10.2. The van der Waals surface area contributed by atoms with Gasteiger partial charge < -0.3 is 10.5 Å². The van der Waals surface area contributed by atoms with Gasteiger partial charge in [-0.25, -0.2) is 0 Å². The predicted octanol–water partition coefficient (Wildman–Crippen LogP) is 1.48. The summed E-state index contributed by atoms with van der Waals surface area (Å²) in [6.45, 7) is 1.85. The number of hydrogen-bond acceptors (Lipinski definition) is 6. The molecule has 0 atom stereocenters. The number of benzene rings is 1. The van der Waals surface area contributed by atoms with E-state index in [0.717, 1.165) is 12.1 Å². The molecule has 0 spiro atoms. The van der Waals surface area contributed by atoms with Crippen LogP contribution in [0.1, 0.15) is 6.92 Å². The molecule has 0 aliphatic rings. The van der Waals surface area contributed by atoms with Gasteiger partial charge in [0, 0.05) is 6.07 Å². The zero-order chi connectivity index (χ0) is 12.3. The minimum atomic E-state index is -0.798. The number of nitrogens with zero attached hydrogens (tertiary/aromatic N) is 2. The Morgan fingerprint density at radius 1 is 1.31 bits per heavy atom. The van der Waals surface area contributed by atoms with Crippen molar-refractivity contribution < 1.29 is 14.6 Å². The topological polar surface area (TPSA) is 122 Å². The van der Waals surface area contributed by atoms with Crippen molar-refractivity contribution in [3.8, 4) is 5.75 Å². The van der Waals surface area contributed by atoms with Crippen LogP contribution in [-0.4, -0.2) is 16.5 Å². The Bertz CT molecular complexity index is 446. The van der Waals surface area contributed by atoms with E-state index in [1.807, 2.05) is 0 Å². The van der Waals surface area contributed by atoms with E-state index in [9.17, 15) is 20.2 Å². The fourth-order valence-electron chi connectivity index (χ4n) is 1.20. The number of ether oxygens (including phenoxy) is 1. The number of rotatable bonds is 4. The predicted molar refractivity (Wildman–Crippen MR) is 55.3 cm³/mol. The second-order valence-corrected chi connectivity index (χ2v) is 2.79. The van der Waals surface area contributed by atoms with Crippen molar-refractivity contribution in [1.82, 2.24) is 0 Å². The van der Waals surface area contributed by atoms with Gasteiger partial charge in [-0.05, 0) is 13.0 Å². The molecule has 0 aromatic heterocycles. The number of nitrogen functional groups attached to an aromatic ring is 1. The van der Waals surface area contributed by atoms with Gasteiger partial charge in [-0.1, -0.05) is 0 Å². The molecule has 0 aliphatic heterocycles. The Hall–Kier alpha value is -2.38. The molecule has 0 unspecified atom stereocenters. The van der Waals surface area contributed by atoms with E-state index in [4.69, 9.17) is 10.5 Å². The van der Waals surface area contributed by atoms with E-state index >= 15 is 0 Å². The Balaban J connectivity index is 3.41. The molecule has 8 heteroatoms. The molecule has 0 radical (unpaired) electrons. The normalized spacial score (nSPS) is 9.81. The first-order chi connectivity index (χ1) is 7.49. The standard InChI is InChI=1S/C8H9N3O5/c1-2-16-6-4-3-5(10(12)13)7(9)8(6)11(14)15/h3-4H,2,9H2,1H3. The first-order valence-electron chi connectivity index (χ1n) is 4.33. The summed E-state index contributed by atoms with van der Waals surface area (Å²) >= 11 is 0. The SMILES string of the molecule is CCOc1ccc([N+](=O)[O-])c(N)c1[N+](=O)[O-]. The minimum Gasteiger partial charge on any atom is -0.487 e. The molecule has 16 heavy (non-hydrogen) atoms. The molecule has 0 saturated carbocycles. The maximum Gasteiger partial charge on any atom is 0.340 e. The summed E-state index contributed by atoms with van der Waals surface area (Å²) < 4.78 is 4.97. The van der Waals surface area contributed by atoms with Crippen LogP contribution in [0.5, 0.6) is 5.75 Å². The van der Waals surface area contributed by atoms with Gasteiger partial charge in [0.2, 0.25) is 0 Å². The second-order valence-electron chi connectivity index (χ2n) is 2.79. The molecular formula is C8H9N3O5. The van der Waals surface area contributed by atoms with E-state index < -0.39 is 26.9 Å². The van der Waals surface area contributed by atoms with Crippen LogP contribution < -0.4 is 10.5 Å². The maximum absolute atomic E-state index is 10.7. The average Bonchev–Trinajstić information content (AvgIpc) is 2.17. The van der Waals surface area contributed by atoms with Crippen molar-refractivity contribution in [3.63, 3.8) is 0 Å². The summed E-state index contributed by atoms with van der Waals surface area (Å²) in [5.74, 6) is -0.0735. The Morgan fingerprint density at radius 3 is 2.38 bits per heavy atom. The fraction of sp³-hybridized carbons (Fsp3) is 0.250. The molecular weight excluding hydrogens is 218 g/mol. The van der Waals surface area contributed by atoms with Crippen LogP contribution >= 0.6 is 0 Å². The molecule has 0 bridgehead atoms. The van der Waals surface area contributed by atoms with Gasteiger partial charge in [0.05, 0.1) is 16.5 Å². The Morgan fingerprint density at radius 2 is 1.94 bits per heavy atom. The Labute approximate surface area is 89.9 Å². The molecule has 86 valence electrons. The number of nitro benzene ring substituents is 2. The van der Waals surface area contributed by atoms with Gasteiger partial charge in [-0.2, -0.15) is 0 Å². The minimum absolute atomic E-state index is 0.0735. The van der Waals surface area contributed by atoms with Gasteiger partial charge in [0.15, 0.2) is 11.4 Å². The molecule has 2 N–H and O–H groups in total. The fourth-order valence-corrected chi connectivity index (χ4v) is 1.20. The highest BCUT2D eigenvalue weighted by atomic mass is 16.6. The zero-order valence-corrected chi connectivity index (χ0v) is 8.37. The van der Waals surface area contributed by atoms with E-state index in [-0.39, 0.29) is 12.4 Å². The van der Waals surface area contributed by atoms with Gasteiger partial charge >= 0.3 is 5.69 Å². The third-order valence-electron chi connectivity index (χ3n) is 1.84. The summed E-state index contributed by atoms with van der Waals surface area (Å²) in [6, 6.07) is 2.24. The third kappa shape index (κ3) is 2.00. The summed E-state index contributed by atoms with van der Waals surface area (Å²) in [7, 11) is 0. The molecule has 0 fully saturated rings. The largest absolute Gasteiger partial charge is 0.487 e. The summed E-state index contributed by atoms with van der Waals surface area (Å²) in [4.78, 5) is 19.7. The van der Waals surface area contributed by atoms with Gasteiger partial charge in [-0.3, -0.25) is 20.2 Å². The number of nitro groups is 2. The maximum atomic E-state index is 10.7. The van der Waals surface area contributed by atoms with Gasteiger partial charge in [0.1, 0.15) is 0 Å². The van der Waals surface area contributed by atoms with E-state index in [2.05, 4.69) is 0 Å². The highest BCUT2D eigenvalue weighted by Crippen LogP contribution is 2.39. The summed E-state index contributed by atoms with van der Waals surface area (Å²) in [6.07, 6.45) is 0. The van der Waals surface area contributed by atoms with Crippen LogP contribution in [0.3, 0.4) is 0 Å². The molecule has 8 nitrogen and oxygen atoms in total. The van der Waals surface area contributed by atoms with Crippen LogP contribution in [-0.2, 0) is 0 Å². The zero-order valence-electron chi connectivity index (χ0n) is 8.37. The van der Waals surface area contributed by atoms with Gasteiger partial charge in [-0.15, -0.1) is 0 Å². The van der Waals surface area contributed by atoms with Crippen LogP contribution in [0.15, 0.2) is 12.1 Å². The van der Waals surface area contributed by atoms with Crippen LogP contribution in [0.25, 0.3) is 0 Å². The lowest BCUT2D eigenvalue weighted by molar-refractivity contribution is -0.392. The van der Waals surface area contributed by atoms with E-state index in [1.54, 1.807) is 6.92 Å². The highest BCUT2D eigenvalue weighted by Gasteiger charge is 2.27. The first kappa shape index (κ1) is 11.7. The van der Waals surface area contributed by atoms with Gasteiger partial charge in [0.25, 0.3) is 5.69 Å². The summed E-state index contributed by atoms with van der Waals surface area (Å²) in [5.41, 5.74) is 3.78. The molecule has 1 aromatic rings. The van der Waals surface area contributed by atoms with Crippen molar-refractivity contribution >= 4 is 17.1 Å². The van der Waals surface area contributed by atoms with Crippen LogP contribution in [0.2, 0.25) is 0 Å². The van der Waals surface area contributed by atoms with Crippen molar-refractivity contribution in [2.45, 2.75) is 6.92 Å². The van der Waals surface area contributed by atoms with Crippen molar-refractivity contribution in [2.24, 2.45) is 0 Å². The second kappa shape index (κ2) is 4.43. The van der Waals surface area contributed by atoms with Crippen LogP contribution in [0.4, 0.5) is 17.1 Å². The monoisotopic (exact) mass is 227 g/mol. The molecule has 0 heterocycles. The lowest BCUT2D eigenvalue weighted by Gasteiger charge is -2.05. The molecule has 0 saturated heterocycles. The van der Waals surface area contributed by atoms with Crippen LogP contribution in [0, 0.1) is 20.2 Å². The molecule has 1 aromatic carbocycles. The number of hydrogen-bond donors (Lipinski definition) is 1. The average molecular weight is 227 g/mol. The highest BCUT2D eigenvalue weighted by molar-refractivity contribution is 5.75. The Kier molecular flexibility index (Phi) is 3.24. The number of nitrogens with two attached hydrogens (primary N) is 1.